The van der Waals surface area contributed by atoms with E-state index in [1.165, 1.54) is 77.9 Å². The Kier molecular flexibility index (Phi) is 5.46. The number of hydrogen-bond donors (Lipinski definition) is 1. The van der Waals surface area contributed by atoms with Gasteiger partial charge in [0, 0.05) is 39.3 Å². The summed E-state index contributed by atoms with van der Waals surface area (Å²) in [6.07, 6.45) is 7.20. The van der Waals surface area contributed by atoms with E-state index >= 15 is 0 Å². The van der Waals surface area contributed by atoms with E-state index in [9.17, 15) is 0 Å². The van der Waals surface area contributed by atoms with Crippen molar-refractivity contribution in [3.8, 4) is 0 Å². The van der Waals surface area contributed by atoms with Gasteiger partial charge in [-0.25, -0.2) is 0 Å². The topological polar surface area (TPSA) is 18.5 Å². The zero-order valence-corrected chi connectivity index (χ0v) is 12.4. The quantitative estimate of drug-likeness (QED) is 0.806. The average molecular weight is 253 g/mol. The molecule has 2 aliphatic rings. The molecule has 1 heterocycles. The average Bonchev–Trinajstić information content (AvgIpc) is 2.41. The van der Waals surface area contributed by atoms with Crippen LogP contribution in [-0.4, -0.2) is 62.7 Å². The van der Waals surface area contributed by atoms with Crippen molar-refractivity contribution >= 4 is 0 Å². The molecule has 1 N–H and O–H groups in total. The molecule has 1 aliphatic heterocycles. The predicted molar refractivity (Wildman–Crippen MR) is 78.0 cm³/mol. The zero-order valence-electron chi connectivity index (χ0n) is 12.4. The second kappa shape index (κ2) is 6.88. The molecule has 2 rings (SSSR count). The molecule has 0 bridgehead atoms. The molecule has 0 atom stereocenters. The third-order valence-electron chi connectivity index (χ3n) is 4.94. The number of rotatable bonds is 5. The summed E-state index contributed by atoms with van der Waals surface area (Å²) in [6, 6.07) is 0. The maximum Gasteiger partial charge on any atom is 0.0110 e. The number of hydrogen-bond acceptors (Lipinski definition) is 3. The van der Waals surface area contributed by atoms with Crippen molar-refractivity contribution in [2.24, 2.45) is 5.41 Å². The van der Waals surface area contributed by atoms with Crippen LogP contribution >= 0.6 is 0 Å². The van der Waals surface area contributed by atoms with Crippen molar-refractivity contribution in [2.75, 3.05) is 52.9 Å². The lowest BCUT2D eigenvalue weighted by atomic mass is 9.73. The Balaban J connectivity index is 1.85. The summed E-state index contributed by atoms with van der Waals surface area (Å²) in [5.74, 6) is 0. The van der Waals surface area contributed by atoms with Crippen molar-refractivity contribution in [2.45, 2.75) is 39.0 Å². The molecule has 0 spiro atoms. The monoisotopic (exact) mass is 253 g/mol. The zero-order chi connectivity index (χ0) is 12.8. The highest BCUT2D eigenvalue weighted by Gasteiger charge is 2.33. The minimum Gasteiger partial charge on any atom is -0.319 e. The minimum absolute atomic E-state index is 0.571. The van der Waals surface area contributed by atoms with Crippen LogP contribution in [0, 0.1) is 5.41 Å². The van der Waals surface area contributed by atoms with Gasteiger partial charge < -0.3 is 15.1 Å². The normalized spacial score (nSPS) is 26.3. The molecule has 3 heteroatoms. The van der Waals surface area contributed by atoms with E-state index in [0.29, 0.717) is 5.41 Å². The van der Waals surface area contributed by atoms with Gasteiger partial charge in [0.05, 0.1) is 0 Å². The van der Waals surface area contributed by atoms with Gasteiger partial charge in [-0.2, -0.15) is 0 Å². The largest absolute Gasteiger partial charge is 0.319 e. The first-order valence-corrected chi connectivity index (χ1v) is 7.87. The van der Waals surface area contributed by atoms with Gasteiger partial charge in [-0.05, 0) is 31.8 Å². The van der Waals surface area contributed by atoms with E-state index in [2.05, 4.69) is 29.1 Å². The standard InChI is InChI=1S/C15H31N3/c1-3-17-9-11-18(12-10-17)14-15(13-16-2)7-5-4-6-8-15/h16H,3-14H2,1-2H3. The molecular formula is C15H31N3. The molecule has 106 valence electrons. The Bertz CT molecular complexity index is 222. The third kappa shape index (κ3) is 3.69. The lowest BCUT2D eigenvalue weighted by molar-refractivity contribution is 0.0648. The molecule has 3 nitrogen and oxygen atoms in total. The molecule has 0 aromatic carbocycles. The molecule has 18 heavy (non-hydrogen) atoms. The van der Waals surface area contributed by atoms with Crippen molar-refractivity contribution in [3.63, 3.8) is 0 Å². The predicted octanol–water partition coefficient (Wildman–Crippen LogP) is 1.79. The van der Waals surface area contributed by atoms with Crippen molar-refractivity contribution in [1.29, 1.82) is 0 Å². The first kappa shape index (κ1) is 14.3. The van der Waals surface area contributed by atoms with Crippen molar-refractivity contribution in [3.05, 3.63) is 0 Å². The molecule has 0 unspecified atom stereocenters. The first-order valence-electron chi connectivity index (χ1n) is 7.87. The smallest absolute Gasteiger partial charge is 0.0110 e. The summed E-state index contributed by atoms with van der Waals surface area (Å²) in [4.78, 5) is 5.29. The SMILES string of the molecule is CCN1CCN(CC2(CNC)CCCCC2)CC1. The Morgan fingerprint density at radius 3 is 2.11 bits per heavy atom. The van der Waals surface area contributed by atoms with Crippen LogP contribution in [0.1, 0.15) is 39.0 Å². The highest BCUT2D eigenvalue weighted by Crippen LogP contribution is 2.36. The third-order valence-corrected chi connectivity index (χ3v) is 4.94. The summed E-state index contributed by atoms with van der Waals surface area (Å²) in [5, 5.41) is 3.45. The van der Waals surface area contributed by atoms with E-state index in [4.69, 9.17) is 0 Å². The summed E-state index contributed by atoms with van der Waals surface area (Å²) < 4.78 is 0. The van der Waals surface area contributed by atoms with E-state index in [-0.39, 0.29) is 0 Å². The fourth-order valence-electron chi connectivity index (χ4n) is 3.81. The number of likely N-dealkylation sites (N-methyl/N-ethyl adjacent to an activating group) is 1. The second-order valence-corrected chi connectivity index (χ2v) is 6.30. The molecule has 1 saturated carbocycles. The molecule has 1 saturated heterocycles. The fraction of sp³-hybridized carbons (Fsp3) is 1.00. The minimum atomic E-state index is 0.571. The molecule has 2 fully saturated rings. The molecule has 1 aliphatic carbocycles. The number of piperazine rings is 1. The van der Waals surface area contributed by atoms with Gasteiger partial charge in [0.1, 0.15) is 0 Å². The van der Waals surface area contributed by atoms with Crippen LogP contribution in [0.3, 0.4) is 0 Å². The summed E-state index contributed by atoms with van der Waals surface area (Å²) >= 11 is 0. The van der Waals surface area contributed by atoms with Gasteiger partial charge in [-0.15, -0.1) is 0 Å². The molecule has 0 aromatic rings. The molecule has 0 radical (unpaired) electrons. The van der Waals surface area contributed by atoms with Crippen LogP contribution in [0.15, 0.2) is 0 Å². The summed E-state index contributed by atoms with van der Waals surface area (Å²) in [6.45, 7) is 11.1. The van der Waals surface area contributed by atoms with Crippen molar-refractivity contribution < 1.29 is 0 Å². The van der Waals surface area contributed by atoms with Gasteiger partial charge >= 0.3 is 0 Å². The van der Waals surface area contributed by atoms with Crippen LogP contribution in [0.25, 0.3) is 0 Å². The number of nitrogens with zero attached hydrogens (tertiary/aromatic N) is 2. The summed E-state index contributed by atoms with van der Waals surface area (Å²) in [7, 11) is 2.12. The van der Waals surface area contributed by atoms with E-state index < -0.39 is 0 Å². The second-order valence-electron chi connectivity index (χ2n) is 6.30. The molecular weight excluding hydrogens is 222 g/mol. The van der Waals surface area contributed by atoms with Crippen LogP contribution in [-0.2, 0) is 0 Å². The Morgan fingerprint density at radius 2 is 1.56 bits per heavy atom. The van der Waals surface area contributed by atoms with Crippen LogP contribution < -0.4 is 5.32 Å². The summed E-state index contributed by atoms with van der Waals surface area (Å²) in [5.41, 5.74) is 0.571. The van der Waals surface area contributed by atoms with E-state index in [1.54, 1.807) is 0 Å². The van der Waals surface area contributed by atoms with Crippen LogP contribution in [0.4, 0.5) is 0 Å². The maximum absolute atomic E-state index is 3.45. The van der Waals surface area contributed by atoms with Gasteiger partial charge in [-0.1, -0.05) is 26.2 Å². The molecule has 0 amide bonds. The fourth-order valence-corrected chi connectivity index (χ4v) is 3.81. The van der Waals surface area contributed by atoms with Crippen molar-refractivity contribution in [1.82, 2.24) is 15.1 Å². The maximum atomic E-state index is 3.45. The first-order chi connectivity index (χ1) is 8.78. The van der Waals surface area contributed by atoms with E-state index in [1.807, 2.05) is 0 Å². The van der Waals surface area contributed by atoms with Crippen LogP contribution in [0.5, 0.6) is 0 Å². The van der Waals surface area contributed by atoms with Gasteiger partial charge in [0.2, 0.25) is 0 Å². The Labute approximate surface area is 113 Å². The lowest BCUT2D eigenvalue weighted by Crippen LogP contribution is -2.52. The van der Waals surface area contributed by atoms with Crippen LogP contribution in [0.2, 0.25) is 0 Å². The Hall–Kier alpha value is -0.120. The Morgan fingerprint density at radius 1 is 0.944 bits per heavy atom. The van der Waals surface area contributed by atoms with Gasteiger partial charge in [0.25, 0.3) is 0 Å². The molecule has 0 aromatic heterocycles. The van der Waals surface area contributed by atoms with Gasteiger partial charge in [-0.3, -0.25) is 0 Å². The lowest BCUT2D eigenvalue weighted by Gasteiger charge is -2.43. The highest BCUT2D eigenvalue weighted by molar-refractivity contribution is 4.88. The van der Waals surface area contributed by atoms with Gasteiger partial charge in [0.15, 0.2) is 0 Å². The van der Waals surface area contributed by atoms with E-state index in [0.717, 1.165) is 0 Å². The number of nitrogens with one attached hydrogen (secondary N) is 1. The highest BCUT2D eigenvalue weighted by atomic mass is 15.3.